The third-order valence-corrected chi connectivity index (χ3v) is 8.87. The molecule has 0 spiro atoms. The molecule has 2 aliphatic carbocycles. The largest absolute Gasteiger partial charge is 0.345 e. The Hall–Kier alpha value is -1.63. The van der Waals surface area contributed by atoms with E-state index in [4.69, 9.17) is 4.98 Å². The molecule has 0 unspecified atom stereocenters. The number of thiazole rings is 1. The molecule has 4 aliphatic rings. The molecule has 7 heteroatoms. The summed E-state index contributed by atoms with van der Waals surface area (Å²) in [6.45, 7) is 7.53. The number of piperidine rings is 1. The summed E-state index contributed by atoms with van der Waals surface area (Å²) < 4.78 is 0. The molecule has 0 radical (unpaired) electrons. The van der Waals surface area contributed by atoms with Gasteiger partial charge in [-0.1, -0.05) is 13.3 Å². The topological polar surface area (TPSA) is 56.8 Å². The lowest BCUT2D eigenvalue weighted by molar-refractivity contribution is -0.138. The van der Waals surface area contributed by atoms with E-state index in [-0.39, 0.29) is 5.92 Å². The fraction of sp³-hybridized carbons (Fsp3) is 0.783. The number of fused-ring (bicyclic) bond motifs is 1. The average Bonchev–Trinajstić information content (AvgIpc) is 3.16. The minimum absolute atomic E-state index is 0.135. The van der Waals surface area contributed by atoms with Crippen molar-refractivity contribution in [1.29, 1.82) is 0 Å². The molecule has 0 aromatic carbocycles. The summed E-state index contributed by atoms with van der Waals surface area (Å²) in [5.41, 5.74) is 1.21. The second-order valence-corrected chi connectivity index (χ2v) is 10.8. The Balaban J connectivity index is 1.17. The Bertz CT molecular complexity index is 789. The zero-order chi connectivity index (χ0) is 20.7. The van der Waals surface area contributed by atoms with E-state index in [2.05, 4.69) is 21.6 Å². The van der Waals surface area contributed by atoms with Crippen LogP contribution in [0.15, 0.2) is 0 Å². The molecule has 3 heterocycles. The summed E-state index contributed by atoms with van der Waals surface area (Å²) in [5.74, 6) is 1.91. The van der Waals surface area contributed by atoms with Crippen LogP contribution in [0.3, 0.4) is 0 Å². The number of hydrogen-bond donors (Lipinski definition) is 0. The van der Waals surface area contributed by atoms with Crippen LogP contribution in [0.2, 0.25) is 0 Å². The molecule has 0 bridgehead atoms. The molecule has 1 atom stereocenters. The minimum atomic E-state index is 0.135. The van der Waals surface area contributed by atoms with E-state index < -0.39 is 0 Å². The van der Waals surface area contributed by atoms with Crippen LogP contribution in [0.25, 0.3) is 0 Å². The summed E-state index contributed by atoms with van der Waals surface area (Å²) in [6, 6.07) is 0. The summed E-state index contributed by atoms with van der Waals surface area (Å²) >= 11 is 1.78. The standard InChI is InChI=1S/C23H34N4O2S/c1-16-7-9-25(10-8-16)22(29)18-5-6-19-20(15-18)30-23(24-19)27-13-11-26(12-14-27)21(28)17-3-2-4-17/h16-18H,2-15H2,1H3/t18-/m0/s1. The monoisotopic (exact) mass is 430 g/mol. The van der Waals surface area contributed by atoms with Crippen molar-refractivity contribution in [2.45, 2.75) is 58.3 Å². The highest BCUT2D eigenvalue weighted by Gasteiger charge is 2.34. The first kappa shape index (κ1) is 20.3. The predicted molar refractivity (Wildman–Crippen MR) is 119 cm³/mol. The molecule has 1 aromatic heterocycles. The van der Waals surface area contributed by atoms with E-state index >= 15 is 0 Å². The number of anilines is 1. The third-order valence-electron chi connectivity index (χ3n) is 7.69. The van der Waals surface area contributed by atoms with E-state index in [1.807, 2.05) is 0 Å². The van der Waals surface area contributed by atoms with Crippen molar-refractivity contribution in [3.05, 3.63) is 10.6 Å². The van der Waals surface area contributed by atoms with Crippen LogP contribution in [-0.4, -0.2) is 65.9 Å². The van der Waals surface area contributed by atoms with Crippen molar-refractivity contribution >= 4 is 28.3 Å². The van der Waals surface area contributed by atoms with Crippen LogP contribution in [0.5, 0.6) is 0 Å². The molecular formula is C23H34N4O2S. The Morgan fingerprint density at radius 2 is 1.53 bits per heavy atom. The number of carbonyl (C=O) groups excluding carboxylic acids is 2. The number of aryl methyl sites for hydroxylation is 1. The van der Waals surface area contributed by atoms with Crippen LogP contribution in [0, 0.1) is 17.8 Å². The normalized spacial score (nSPS) is 25.8. The summed E-state index contributed by atoms with van der Waals surface area (Å²) in [6.07, 6.45) is 8.37. The second-order valence-electron chi connectivity index (χ2n) is 9.75. The van der Waals surface area contributed by atoms with Crippen molar-refractivity contribution in [3.63, 3.8) is 0 Å². The Morgan fingerprint density at radius 3 is 2.20 bits per heavy atom. The molecule has 2 aliphatic heterocycles. The lowest BCUT2D eigenvalue weighted by atomic mass is 9.84. The van der Waals surface area contributed by atoms with Gasteiger partial charge in [0.25, 0.3) is 0 Å². The number of likely N-dealkylation sites (tertiary alicyclic amines) is 1. The van der Waals surface area contributed by atoms with E-state index in [0.717, 1.165) is 95.3 Å². The molecule has 1 aromatic rings. The van der Waals surface area contributed by atoms with Gasteiger partial charge in [0.15, 0.2) is 5.13 Å². The van der Waals surface area contributed by atoms with Gasteiger partial charge in [0.1, 0.15) is 0 Å². The van der Waals surface area contributed by atoms with Gasteiger partial charge in [-0.15, -0.1) is 11.3 Å². The zero-order valence-electron chi connectivity index (χ0n) is 18.1. The van der Waals surface area contributed by atoms with E-state index in [9.17, 15) is 9.59 Å². The summed E-state index contributed by atoms with van der Waals surface area (Å²) in [7, 11) is 0. The number of hydrogen-bond acceptors (Lipinski definition) is 5. The van der Waals surface area contributed by atoms with Gasteiger partial charge in [0.2, 0.25) is 11.8 Å². The van der Waals surface area contributed by atoms with Crippen LogP contribution in [0.4, 0.5) is 5.13 Å². The molecule has 2 amide bonds. The van der Waals surface area contributed by atoms with Crippen molar-refractivity contribution in [3.8, 4) is 0 Å². The SMILES string of the molecule is CC1CCN(C(=O)[C@H]2CCc3nc(N4CCN(C(=O)C5CCC5)CC4)sc3C2)CC1. The van der Waals surface area contributed by atoms with Crippen LogP contribution < -0.4 is 4.90 Å². The molecule has 164 valence electrons. The van der Waals surface area contributed by atoms with Crippen LogP contribution in [-0.2, 0) is 22.4 Å². The molecular weight excluding hydrogens is 396 g/mol. The number of amides is 2. The maximum absolute atomic E-state index is 13.0. The minimum Gasteiger partial charge on any atom is -0.345 e. The van der Waals surface area contributed by atoms with Crippen molar-refractivity contribution in [1.82, 2.24) is 14.8 Å². The molecule has 5 rings (SSSR count). The summed E-state index contributed by atoms with van der Waals surface area (Å²) in [4.78, 5) is 38.3. The lowest BCUT2D eigenvalue weighted by Crippen LogP contribution is -2.51. The smallest absolute Gasteiger partial charge is 0.226 e. The molecule has 2 saturated heterocycles. The van der Waals surface area contributed by atoms with Crippen molar-refractivity contribution < 1.29 is 9.59 Å². The first-order valence-corrected chi connectivity index (χ1v) is 12.7. The van der Waals surface area contributed by atoms with E-state index in [1.54, 1.807) is 11.3 Å². The number of aromatic nitrogens is 1. The third kappa shape index (κ3) is 3.97. The van der Waals surface area contributed by atoms with Gasteiger partial charge in [-0.25, -0.2) is 4.98 Å². The molecule has 0 N–H and O–H groups in total. The van der Waals surface area contributed by atoms with Gasteiger partial charge in [-0.2, -0.15) is 0 Å². The van der Waals surface area contributed by atoms with Crippen molar-refractivity contribution in [2.24, 2.45) is 17.8 Å². The Kier molecular flexibility index (Phi) is 5.73. The highest BCUT2D eigenvalue weighted by molar-refractivity contribution is 7.15. The first-order chi connectivity index (χ1) is 14.6. The Morgan fingerprint density at radius 1 is 0.867 bits per heavy atom. The maximum Gasteiger partial charge on any atom is 0.226 e. The van der Waals surface area contributed by atoms with Gasteiger partial charge in [-0.3, -0.25) is 9.59 Å². The molecule has 1 saturated carbocycles. The predicted octanol–water partition coefficient (Wildman–Crippen LogP) is 2.96. The van der Waals surface area contributed by atoms with Gasteiger partial charge < -0.3 is 14.7 Å². The van der Waals surface area contributed by atoms with Gasteiger partial charge >= 0.3 is 0 Å². The zero-order valence-corrected chi connectivity index (χ0v) is 19.0. The summed E-state index contributed by atoms with van der Waals surface area (Å²) in [5, 5.41) is 1.09. The molecule has 6 nitrogen and oxygen atoms in total. The van der Waals surface area contributed by atoms with Crippen molar-refractivity contribution in [2.75, 3.05) is 44.2 Å². The first-order valence-electron chi connectivity index (χ1n) is 11.9. The number of piperazine rings is 1. The molecule has 30 heavy (non-hydrogen) atoms. The fourth-order valence-corrected chi connectivity index (χ4v) is 6.46. The number of nitrogens with zero attached hydrogens (tertiary/aromatic N) is 4. The van der Waals surface area contributed by atoms with Gasteiger partial charge in [-0.05, 0) is 50.9 Å². The average molecular weight is 431 g/mol. The quantitative estimate of drug-likeness (QED) is 0.740. The number of carbonyl (C=O) groups is 2. The molecule has 3 fully saturated rings. The Labute approximate surface area is 183 Å². The maximum atomic E-state index is 13.0. The second kappa shape index (κ2) is 8.48. The van der Waals surface area contributed by atoms with Crippen LogP contribution in [0.1, 0.15) is 56.0 Å². The van der Waals surface area contributed by atoms with Gasteiger partial charge in [0.05, 0.1) is 5.69 Å². The van der Waals surface area contributed by atoms with Gasteiger partial charge in [0, 0.05) is 56.0 Å². The highest BCUT2D eigenvalue weighted by atomic mass is 32.1. The van der Waals surface area contributed by atoms with E-state index in [1.165, 1.54) is 17.0 Å². The number of rotatable bonds is 3. The highest BCUT2D eigenvalue weighted by Crippen LogP contribution is 2.36. The van der Waals surface area contributed by atoms with Crippen LogP contribution >= 0.6 is 11.3 Å². The fourth-order valence-electron chi connectivity index (χ4n) is 5.23. The van der Waals surface area contributed by atoms with E-state index in [0.29, 0.717) is 17.7 Å². The lowest BCUT2D eigenvalue weighted by Gasteiger charge is -2.38.